The first-order valence-corrected chi connectivity index (χ1v) is 15.4. The van der Waals surface area contributed by atoms with Crippen molar-refractivity contribution in [2.75, 3.05) is 11.9 Å². The Morgan fingerprint density at radius 1 is 1.27 bits per heavy atom. The number of rotatable bonds is 8. The van der Waals surface area contributed by atoms with Gasteiger partial charge in [-0.15, -0.1) is 0 Å². The Morgan fingerprint density at radius 2 is 1.94 bits per heavy atom. The number of hydrogen-bond acceptors (Lipinski definition) is 4. The lowest BCUT2D eigenvalue weighted by molar-refractivity contribution is -0.385. The zero-order chi connectivity index (χ0) is 25.0. The van der Waals surface area contributed by atoms with Crippen LogP contribution in [0, 0.1) is 13.7 Å². The van der Waals surface area contributed by atoms with Crippen LogP contribution in [0.1, 0.15) is 32.8 Å². The van der Waals surface area contributed by atoms with Gasteiger partial charge in [-0.1, -0.05) is 48.3 Å². The van der Waals surface area contributed by atoms with E-state index in [1.165, 1.54) is 6.07 Å². The highest BCUT2D eigenvalue weighted by Gasteiger charge is 2.37. The summed E-state index contributed by atoms with van der Waals surface area (Å²) in [6, 6.07) is 9.94. The van der Waals surface area contributed by atoms with Crippen molar-refractivity contribution in [1.29, 1.82) is 0 Å². The van der Waals surface area contributed by atoms with Gasteiger partial charge in [0.2, 0.25) is 0 Å². The standard InChI is InChI=1S/C23H27BrClIN2O4Si/c1-23(2,3)33(4,5)32-11-10-16(12-15-6-7-17(24)13-21(15)28(30)31)22(29)27-20-9-8-18(25)14-19(20)26/h6-9,12-14H,10-11H2,1-5H3,(H,27,29)/b16-12+. The third-order valence-corrected chi connectivity index (χ3v) is 11.8. The van der Waals surface area contributed by atoms with Gasteiger partial charge in [-0.25, -0.2) is 0 Å². The van der Waals surface area contributed by atoms with Crippen molar-refractivity contribution in [1.82, 2.24) is 0 Å². The average molecular weight is 666 g/mol. The highest BCUT2D eigenvalue weighted by Crippen LogP contribution is 2.37. The Bertz CT molecular complexity index is 1090. The summed E-state index contributed by atoms with van der Waals surface area (Å²) in [5.74, 6) is -0.341. The van der Waals surface area contributed by atoms with E-state index in [1.807, 2.05) is 0 Å². The smallest absolute Gasteiger partial charge is 0.277 e. The van der Waals surface area contributed by atoms with Gasteiger partial charge in [0.1, 0.15) is 0 Å². The largest absolute Gasteiger partial charge is 0.416 e. The molecule has 10 heteroatoms. The maximum atomic E-state index is 13.2. The molecule has 1 amide bonds. The second-order valence-corrected chi connectivity index (χ2v) is 16.4. The van der Waals surface area contributed by atoms with Crippen LogP contribution in [0.4, 0.5) is 11.4 Å². The van der Waals surface area contributed by atoms with Gasteiger partial charge < -0.3 is 9.74 Å². The fourth-order valence-electron chi connectivity index (χ4n) is 2.66. The number of nitro benzene ring substituents is 1. The molecule has 2 aromatic rings. The number of hydrogen-bond donors (Lipinski definition) is 1. The summed E-state index contributed by atoms with van der Waals surface area (Å²) in [7, 11) is -2.01. The van der Waals surface area contributed by atoms with E-state index in [2.05, 4.69) is 77.7 Å². The second-order valence-electron chi connectivity index (χ2n) is 9.07. The fourth-order valence-corrected chi connectivity index (χ4v) is 5.06. The predicted molar refractivity (Wildman–Crippen MR) is 149 cm³/mol. The number of nitro groups is 1. The van der Waals surface area contributed by atoms with Crippen LogP contribution in [0.5, 0.6) is 0 Å². The van der Waals surface area contributed by atoms with Crippen LogP contribution >= 0.6 is 50.1 Å². The number of halogens is 3. The number of carbonyl (C=O) groups is 1. The quantitative estimate of drug-likeness (QED) is 0.102. The summed E-state index contributed by atoms with van der Waals surface area (Å²) < 4.78 is 7.64. The molecule has 0 aliphatic carbocycles. The predicted octanol–water partition coefficient (Wildman–Crippen LogP) is 8.05. The summed E-state index contributed by atoms with van der Waals surface area (Å²) in [5.41, 5.74) is 1.28. The number of amides is 1. The lowest BCUT2D eigenvalue weighted by atomic mass is 10.1. The van der Waals surface area contributed by atoms with Crippen LogP contribution in [-0.2, 0) is 9.22 Å². The molecular formula is C23H27BrClIN2O4Si. The van der Waals surface area contributed by atoms with E-state index in [4.69, 9.17) is 16.0 Å². The van der Waals surface area contributed by atoms with Crippen LogP contribution in [0.3, 0.4) is 0 Å². The molecule has 2 rings (SSSR count). The molecule has 0 atom stereocenters. The Labute approximate surface area is 222 Å². The summed E-state index contributed by atoms with van der Waals surface area (Å²) >= 11 is 11.4. The Hall–Kier alpha value is -1.27. The van der Waals surface area contributed by atoms with E-state index < -0.39 is 13.2 Å². The number of anilines is 1. The minimum Gasteiger partial charge on any atom is -0.416 e. The maximum absolute atomic E-state index is 13.2. The second kappa shape index (κ2) is 11.4. The van der Waals surface area contributed by atoms with E-state index in [9.17, 15) is 14.9 Å². The van der Waals surface area contributed by atoms with E-state index in [-0.39, 0.29) is 16.6 Å². The van der Waals surface area contributed by atoms with Gasteiger partial charge in [-0.2, -0.15) is 0 Å². The van der Waals surface area contributed by atoms with Crippen molar-refractivity contribution in [2.24, 2.45) is 0 Å². The molecule has 0 heterocycles. The molecule has 0 aliphatic heterocycles. The highest BCUT2D eigenvalue weighted by molar-refractivity contribution is 14.1. The van der Waals surface area contributed by atoms with Crippen LogP contribution in [0.25, 0.3) is 6.08 Å². The van der Waals surface area contributed by atoms with Crippen molar-refractivity contribution >= 4 is 81.8 Å². The average Bonchev–Trinajstić information content (AvgIpc) is 2.69. The number of nitrogens with one attached hydrogen (secondary N) is 1. The van der Waals surface area contributed by atoms with Crippen LogP contribution in [-0.4, -0.2) is 25.8 Å². The van der Waals surface area contributed by atoms with Crippen LogP contribution in [0.15, 0.2) is 46.4 Å². The first-order valence-electron chi connectivity index (χ1n) is 10.3. The lowest BCUT2D eigenvalue weighted by Gasteiger charge is -2.36. The Morgan fingerprint density at radius 3 is 2.52 bits per heavy atom. The maximum Gasteiger partial charge on any atom is 0.277 e. The third kappa shape index (κ3) is 7.88. The van der Waals surface area contributed by atoms with Crippen LogP contribution < -0.4 is 5.32 Å². The van der Waals surface area contributed by atoms with E-state index in [0.29, 0.717) is 39.3 Å². The van der Waals surface area contributed by atoms with Gasteiger partial charge >= 0.3 is 0 Å². The summed E-state index contributed by atoms with van der Waals surface area (Å²) in [5, 5.41) is 15.1. The highest BCUT2D eigenvalue weighted by atomic mass is 127. The molecule has 0 aromatic heterocycles. The SMILES string of the molecule is CC(C)(C)[Si](C)(C)OCC/C(=C\c1ccc(Br)cc1[N+](=O)[O-])C(=O)Nc1ccc(Cl)cc1I. The van der Waals surface area contributed by atoms with Crippen molar-refractivity contribution < 1.29 is 14.1 Å². The normalized spacial score (nSPS) is 12.5. The van der Waals surface area contributed by atoms with Crippen molar-refractivity contribution in [3.8, 4) is 0 Å². The van der Waals surface area contributed by atoms with Gasteiger partial charge in [0.05, 0.1) is 16.2 Å². The van der Waals surface area contributed by atoms with Crippen LogP contribution in [0.2, 0.25) is 23.2 Å². The zero-order valence-electron chi connectivity index (χ0n) is 19.2. The van der Waals surface area contributed by atoms with Gasteiger partial charge in [0, 0.05) is 31.3 Å². The molecule has 0 aliphatic rings. The minimum absolute atomic E-state index is 0.0308. The molecule has 178 valence electrons. The lowest BCUT2D eigenvalue weighted by Crippen LogP contribution is -2.41. The molecule has 0 unspecified atom stereocenters. The molecule has 0 saturated carbocycles. The molecule has 2 aromatic carbocycles. The van der Waals surface area contributed by atoms with Gasteiger partial charge in [0.15, 0.2) is 8.32 Å². The topological polar surface area (TPSA) is 81.5 Å². The summed E-state index contributed by atoms with van der Waals surface area (Å²) in [6.45, 7) is 11.1. The van der Waals surface area contributed by atoms with E-state index in [0.717, 1.165) is 3.57 Å². The van der Waals surface area contributed by atoms with Crippen molar-refractivity contribution in [3.63, 3.8) is 0 Å². The number of nitrogens with zero attached hydrogens (tertiary/aromatic N) is 1. The molecule has 1 N–H and O–H groups in total. The zero-order valence-corrected chi connectivity index (χ0v) is 24.7. The molecular weight excluding hydrogens is 639 g/mol. The fraction of sp³-hybridized carbons (Fsp3) is 0.348. The van der Waals surface area contributed by atoms with Crippen molar-refractivity contribution in [2.45, 2.75) is 45.3 Å². The molecule has 6 nitrogen and oxygen atoms in total. The molecule has 0 bridgehead atoms. The van der Waals surface area contributed by atoms with E-state index >= 15 is 0 Å². The third-order valence-electron chi connectivity index (χ3n) is 5.63. The summed E-state index contributed by atoms with van der Waals surface area (Å²) in [6.07, 6.45) is 1.88. The minimum atomic E-state index is -2.01. The molecule has 0 radical (unpaired) electrons. The molecule has 0 fully saturated rings. The van der Waals surface area contributed by atoms with Gasteiger partial charge in [0.25, 0.3) is 11.6 Å². The first kappa shape index (κ1) is 28.0. The molecule has 0 spiro atoms. The molecule has 0 saturated heterocycles. The molecule has 33 heavy (non-hydrogen) atoms. The van der Waals surface area contributed by atoms with Gasteiger partial charge in [-0.05, 0) is 83.6 Å². The first-order chi connectivity index (χ1) is 15.2. The van der Waals surface area contributed by atoms with Crippen molar-refractivity contribution in [3.05, 3.63) is 70.7 Å². The Kier molecular flexibility index (Phi) is 9.69. The van der Waals surface area contributed by atoms with E-state index in [1.54, 1.807) is 36.4 Å². The monoisotopic (exact) mass is 664 g/mol. The Balaban J connectivity index is 2.38. The number of benzene rings is 2. The number of carbonyl (C=O) groups excluding carboxylic acids is 1. The van der Waals surface area contributed by atoms with Gasteiger partial charge in [-0.3, -0.25) is 14.9 Å². The summed E-state index contributed by atoms with van der Waals surface area (Å²) in [4.78, 5) is 24.3.